The highest BCUT2D eigenvalue weighted by molar-refractivity contribution is 5.89. The van der Waals surface area contributed by atoms with Gasteiger partial charge in [0.2, 0.25) is 5.95 Å². The van der Waals surface area contributed by atoms with Crippen LogP contribution in [0.25, 0.3) is 11.0 Å². The van der Waals surface area contributed by atoms with Gasteiger partial charge in [-0.3, -0.25) is 5.10 Å². The van der Waals surface area contributed by atoms with Crippen molar-refractivity contribution in [3.05, 3.63) is 30.1 Å². The van der Waals surface area contributed by atoms with E-state index < -0.39 is 5.60 Å². The highest BCUT2D eigenvalue weighted by atomic mass is 16.6. The van der Waals surface area contributed by atoms with Crippen LogP contribution in [-0.4, -0.2) is 67.9 Å². The molecule has 2 aliphatic heterocycles. The lowest BCUT2D eigenvalue weighted by atomic mass is 9.72. The second-order valence-electron chi connectivity index (χ2n) is 10.1. The number of piperidine rings is 1. The minimum Gasteiger partial charge on any atom is -0.444 e. The number of ether oxygens (including phenoxy) is 1. The topological polar surface area (TPSA) is 112 Å². The van der Waals surface area contributed by atoms with Gasteiger partial charge in [-0.05, 0) is 52.7 Å². The Bertz CT molecular complexity index is 1170. The molecule has 0 saturated carbocycles. The van der Waals surface area contributed by atoms with Crippen LogP contribution in [0.2, 0.25) is 0 Å². The highest BCUT2D eigenvalue weighted by Crippen LogP contribution is 2.42. The van der Waals surface area contributed by atoms with Gasteiger partial charge in [-0.2, -0.15) is 15.1 Å². The van der Waals surface area contributed by atoms with Gasteiger partial charge in [0.25, 0.3) is 0 Å². The van der Waals surface area contributed by atoms with E-state index >= 15 is 0 Å². The second kappa shape index (κ2) is 7.86. The fourth-order valence-corrected chi connectivity index (χ4v) is 4.50. The van der Waals surface area contributed by atoms with Gasteiger partial charge < -0.3 is 19.9 Å². The Morgan fingerprint density at radius 1 is 1.21 bits per heavy atom. The summed E-state index contributed by atoms with van der Waals surface area (Å²) in [6.07, 6.45) is 3.42. The fourth-order valence-electron chi connectivity index (χ4n) is 4.50. The number of H-pyrrole nitrogens is 1. The number of rotatable bonds is 3. The van der Waals surface area contributed by atoms with Crippen molar-refractivity contribution in [3.8, 4) is 0 Å². The smallest absolute Gasteiger partial charge is 0.410 e. The Balaban J connectivity index is 1.28. The van der Waals surface area contributed by atoms with E-state index in [4.69, 9.17) is 14.7 Å². The molecule has 0 bridgehead atoms. The molecule has 33 heavy (non-hydrogen) atoms. The van der Waals surface area contributed by atoms with E-state index in [-0.39, 0.29) is 11.5 Å². The number of carbonyl (C=O) groups excluding carboxylic acids is 1. The molecule has 3 aromatic heterocycles. The summed E-state index contributed by atoms with van der Waals surface area (Å²) in [4.78, 5) is 30.4. The van der Waals surface area contributed by atoms with Gasteiger partial charge >= 0.3 is 6.09 Å². The molecule has 5 rings (SSSR count). The molecule has 1 amide bonds. The SMILES string of the molecule is Cc1cc(Nc2nc(N3CC4(CCN(C(=O)OC(C)(C)C)CC4)C3)nc3ncccc23)n[nH]1. The van der Waals surface area contributed by atoms with Gasteiger partial charge in [-0.15, -0.1) is 0 Å². The maximum absolute atomic E-state index is 12.4. The second-order valence-corrected chi connectivity index (χ2v) is 10.1. The van der Waals surface area contributed by atoms with Crippen LogP contribution in [0.15, 0.2) is 24.4 Å². The zero-order chi connectivity index (χ0) is 23.2. The number of pyridine rings is 1. The minimum atomic E-state index is -0.471. The van der Waals surface area contributed by atoms with Crippen molar-refractivity contribution >= 4 is 34.7 Å². The largest absolute Gasteiger partial charge is 0.444 e. The van der Waals surface area contributed by atoms with Gasteiger partial charge in [0, 0.05) is 49.6 Å². The van der Waals surface area contributed by atoms with E-state index in [1.165, 1.54) is 0 Å². The summed E-state index contributed by atoms with van der Waals surface area (Å²) in [5.41, 5.74) is 1.34. The van der Waals surface area contributed by atoms with Gasteiger partial charge in [0.15, 0.2) is 11.5 Å². The number of carbonyl (C=O) groups is 1. The Morgan fingerprint density at radius 2 is 1.97 bits per heavy atom. The predicted molar refractivity (Wildman–Crippen MR) is 126 cm³/mol. The number of nitrogens with zero attached hydrogens (tertiary/aromatic N) is 6. The molecule has 2 saturated heterocycles. The van der Waals surface area contributed by atoms with E-state index in [1.807, 2.05) is 50.8 Å². The first kappa shape index (κ1) is 21.4. The van der Waals surface area contributed by atoms with Crippen LogP contribution in [-0.2, 0) is 4.74 Å². The van der Waals surface area contributed by atoms with E-state index in [0.29, 0.717) is 36.3 Å². The van der Waals surface area contributed by atoms with E-state index in [1.54, 1.807) is 6.20 Å². The molecule has 2 aliphatic rings. The maximum Gasteiger partial charge on any atom is 0.410 e. The lowest BCUT2D eigenvalue weighted by Gasteiger charge is -2.53. The molecule has 3 aromatic rings. The zero-order valence-corrected chi connectivity index (χ0v) is 19.6. The standard InChI is InChI=1S/C23H30N8O2/c1-15-12-17(29-28-15)25-19-16-6-5-9-24-18(16)26-20(27-19)31-13-23(14-31)7-10-30(11-8-23)21(32)33-22(2,3)4/h5-6,9,12H,7-8,10-11,13-14H2,1-4H3,(H2,24,25,26,27,28,29). The molecule has 10 nitrogen and oxygen atoms in total. The average Bonchev–Trinajstić information content (AvgIpc) is 3.15. The van der Waals surface area contributed by atoms with Crippen LogP contribution < -0.4 is 10.2 Å². The molecule has 5 heterocycles. The number of fused-ring (bicyclic) bond motifs is 1. The van der Waals surface area contributed by atoms with Crippen LogP contribution in [0.4, 0.5) is 22.4 Å². The molecule has 0 unspecified atom stereocenters. The molecule has 174 valence electrons. The number of hydrogen-bond acceptors (Lipinski definition) is 8. The molecule has 2 fully saturated rings. The molecule has 0 atom stereocenters. The number of amides is 1. The molecule has 10 heteroatoms. The molecule has 0 aliphatic carbocycles. The normalized spacial score (nSPS) is 17.8. The third-order valence-electron chi connectivity index (χ3n) is 6.22. The number of aromatic nitrogens is 5. The van der Waals surface area contributed by atoms with Crippen LogP contribution in [0.5, 0.6) is 0 Å². The van der Waals surface area contributed by atoms with Crippen LogP contribution in [0, 0.1) is 12.3 Å². The molecule has 2 N–H and O–H groups in total. The van der Waals surface area contributed by atoms with E-state index in [9.17, 15) is 4.79 Å². The maximum atomic E-state index is 12.4. The lowest BCUT2D eigenvalue weighted by molar-refractivity contribution is 0.00581. The summed E-state index contributed by atoms with van der Waals surface area (Å²) < 4.78 is 5.53. The van der Waals surface area contributed by atoms with Crippen molar-refractivity contribution in [3.63, 3.8) is 0 Å². The minimum absolute atomic E-state index is 0.188. The number of likely N-dealkylation sites (tertiary alicyclic amines) is 1. The number of hydrogen-bond donors (Lipinski definition) is 2. The van der Waals surface area contributed by atoms with Crippen LogP contribution >= 0.6 is 0 Å². The van der Waals surface area contributed by atoms with Crippen molar-refractivity contribution in [1.29, 1.82) is 0 Å². The Hall–Kier alpha value is -3.43. The third kappa shape index (κ3) is 4.42. The molecular formula is C23H30N8O2. The first-order valence-corrected chi connectivity index (χ1v) is 11.3. The lowest BCUT2D eigenvalue weighted by Crippen LogP contribution is -2.61. The van der Waals surface area contributed by atoms with Crippen molar-refractivity contribution in [2.45, 2.75) is 46.1 Å². The van der Waals surface area contributed by atoms with Crippen LogP contribution in [0.3, 0.4) is 0 Å². The van der Waals surface area contributed by atoms with Gasteiger partial charge in [-0.25, -0.2) is 9.78 Å². The molecular weight excluding hydrogens is 420 g/mol. The van der Waals surface area contributed by atoms with E-state index in [2.05, 4.69) is 25.4 Å². The van der Waals surface area contributed by atoms with Crippen molar-refractivity contribution < 1.29 is 9.53 Å². The number of aryl methyl sites for hydroxylation is 1. The van der Waals surface area contributed by atoms with Gasteiger partial charge in [0.05, 0.1) is 5.39 Å². The first-order valence-electron chi connectivity index (χ1n) is 11.3. The predicted octanol–water partition coefficient (Wildman–Crippen LogP) is 3.64. The molecule has 0 aromatic carbocycles. The highest BCUT2D eigenvalue weighted by Gasteiger charge is 2.47. The fraction of sp³-hybridized carbons (Fsp3) is 0.522. The quantitative estimate of drug-likeness (QED) is 0.622. The number of anilines is 3. The summed E-state index contributed by atoms with van der Waals surface area (Å²) in [7, 11) is 0. The summed E-state index contributed by atoms with van der Waals surface area (Å²) in [6, 6.07) is 5.77. The first-order chi connectivity index (χ1) is 15.7. The van der Waals surface area contributed by atoms with Crippen molar-refractivity contribution in [1.82, 2.24) is 30.0 Å². The molecule has 1 spiro atoms. The van der Waals surface area contributed by atoms with Gasteiger partial charge in [0.1, 0.15) is 11.4 Å². The monoisotopic (exact) mass is 450 g/mol. The van der Waals surface area contributed by atoms with Crippen LogP contribution in [0.1, 0.15) is 39.3 Å². The Morgan fingerprint density at radius 3 is 2.64 bits per heavy atom. The third-order valence-corrected chi connectivity index (χ3v) is 6.22. The Labute approximate surface area is 192 Å². The zero-order valence-electron chi connectivity index (χ0n) is 19.6. The van der Waals surface area contributed by atoms with Gasteiger partial charge in [-0.1, -0.05) is 0 Å². The molecule has 0 radical (unpaired) electrons. The van der Waals surface area contributed by atoms with Crippen molar-refractivity contribution in [2.24, 2.45) is 5.41 Å². The number of nitrogens with one attached hydrogen (secondary N) is 2. The van der Waals surface area contributed by atoms with Crippen molar-refractivity contribution in [2.75, 3.05) is 36.4 Å². The summed E-state index contributed by atoms with van der Waals surface area (Å²) >= 11 is 0. The summed E-state index contributed by atoms with van der Waals surface area (Å²) in [6.45, 7) is 10.8. The summed E-state index contributed by atoms with van der Waals surface area (Å²) in [5, 5.41) is 11.4. The summed E-state index contributed by atoms with van der Waals surface area (Å²) in [5.74, 6) is 2.06. The van der Waals surface area contributed by atoms with E-state index in [0.717, 1.165) is 37.0 Å². The Kier molecular flexibility index (Phi) is 5.10. The average molecular weight is 451 g/mol. The number of aromatic amines is 1.